The maximum Gasteiger partial charge on any atom is 0.347 e. The fourth-order valence-corrected chi connectivity index (χ4v) is 1.50. The summed E-state index contributed by atoms with van der Waals surface area (Å²) in [6.07, 6.45) is 1.47. The molecule has 2 N–H and O–H groups in total. The van der Waals surface area contributed by atoms with E-state index in [0.717, 1.165) is 0 Å². The van der Waals surface area contributed by atoms with Gasteiger partial charge in [0.15, 0.2) is 5.56 Å². The van der Waals surface area contributed by atoms with Crippen LogP contribution in [0, 0.1) is 0 Å². The molecule has 8 heteroatoms. The number of aromatic amines is 1. The molecule has 0 aromatic carbocycles. The van der Waals surface area contributed by atoms with Gasteiger partial charge in [-0.05, 0) is 19.1 Å². The molecule has 90 valence electrons. The van der Waals surface area contributed by atoms with E-state index in [4.69, 9.17) is 4.74 Å². The van der Waals surface area contributed by atoms with Crippen LogP contribution in [0.2, 0.25) is 0 Å². The van der Waals surface area contributed by atoms with Crippen molar-refractivity contribution >= 4 is 76.1 Å². The number of nitrogens with zero attached hydrogens (tertiary/aromatic N) is 1. The van der Waals surface area contributed by atoms with Crippen molar-refractivity contribution < 1.29 is 14.6 Å². The maximum atomic E-state index is 11.6. The van der Waals surface area contributed by atoms with Crippen molar-refractivity contribution in [3.63, 3.8) is 0 Å². The molecule has 2 radical (unpaired) electrons. The zero-order valence-corrected chi connectivity index (χ0v) is 15.1. The van der Waals surface area contributed by atoms with Crippen LogP contribution in [0.4, 0.5) is 0 Å². The van der Waals surface area contributed by atoms with Crippen molar-refractivity contribution in [2.24, 2.45) is 0 Å². The van der Waals surface area contributed by atoms with Gasteiger partial charge in [-0.15, -0.1) is 0 Å². The molecule has 0 saturated carbocycles. The van der Waals surface area contributed by atoms with Crippen LogP contribution in [0.5, 0.6) is 5.75 Å². The van der Waals surface area contributed by atoms with Crippen LogP contribution in [0.3, 0.4) is 0 Å². The number of esters is 1. The summed E-state index contributed by atoms with van der Waals surface area (Å²) in [5, 5.41) is 10.2. The number of hydrogen-bond acceptors (Lipinski definition) is 5. The molecule has 0 spiro atoms. The third-order valence-corrected chi connectivity index (χ3v) is 2.24. The molecule has 0 aliphatic heterocycles. The fourth-order valence-electron chi connectivity index (χ4n) is 1.50. The van der Waals surface area contributed by atoms with Crippen molar-refractivity contribution in [3.8, 4) is 5.75 Å². The van der Waals surface area contributed by atoms with E-state index in [0.29, 0.717) is 5.39 Å². The number of pyridine rings is 2. The molecular weight excluding hydrogens is 270 g/mol. The number of rotatable bonds is 2. The van der Waals surface area contributed by atoms with E-state index in [1.54, 1.807) is 19.1 Å². The van der Waals surface area contributed by atoms with Gasteiger partial charge in [0.25, 0.3) is 5.56 Å². The predicted octanol–water partition coefficient (Wildman–Crippen LogP) is 0.0438. The number of carbonyl (C=O) groups is 1. The van der Waals surface area contributed by atoms with Gasteiger partial charge in [0, 0.05) is 65.3 Å². The predicted molar refractivity (Wildman–Crippen MR) is 71.5 cm³/mol. The summed E-state index contributed by atoms with van der Waals surface area (Å²) in [4.78, 5) is 29.4. The normalized spacial score (nSPS) is 9.32. The summed E-state index contributed by atoms with van der Waals surface area (Å²) in [6, 6.07) is 3.14. The van der Waals surface area contributed by atoms with Gasteiger partial charge in [-0.2, -0.15) is 0 Å². The van der Waals surface area contributed by atoms with Crippen molar-refractivity contribution in [1.82, 2.24) is 9.97 Å². The standard InChI is InChI=1S/C11H10N2O4.2Na/c1-2-17-11(16)7-8(14)6-4-3-5-12-9(6)13-10(7)15;;/h3-5H,2H2,1H3,(H2,12,13,14,15);;. The van der Waals surface area contributed by atoms with Crippen LogP contribution in [-0.4, -0.2) is 86.8 Å². The van der Waals surface area contributed by atoms with Crippen LogP contribution in [0.25, 0.3) is 11.0 Å². The Morgan fingerprint density at radius 2 is 2.16 bits per heavy atom. The minimum absolute atomic E-state index is 0. The second-order valence-corrected chi connectivity index (χ2v) is 3.30. The largest absolute Gasteiger partial charge is 0.506 e. The van der Waals surface area contributed by atoms with Crippen LogP contribution >= 0.6 is 0 Å². The molecule has 0 bridgehead atoms. The van der Waals surface area contributed by atoms with E-state index < -0.39 is 22.8 Å². The average molecular weight is 280 g/mol. The minimum atomic E-state index is -0.850. The van der Waals surface area contributed by atoms with E-state index >= 15 is 0 Å². The van der Waals surface area contributed by atoms with Crippen molar-refractivity contribution in [2.45, 2.75) is 6.92 Å². The van der Waals surface area contributed by atoms with Gasteiger partial charge in [-0.25, -0.2) is 9.78 Å². The molecule has 2 rings (SSSR count). The molecule has 0 aliphatic rings. The Bertz CT molecular complexity index is 642. The monoisotopic (exact) mass is 280 g/mol. The molecule has 6 nitrogen and oxygen atoms in total. The molecule has 0 fully saturated rings. The number of H-pyrrole nitrogens is 1. The van der Waals surface area contributed by atoms with Gasteiger partial charge in [-0.3, -0.25) is 4.79 Å². The van der Waals surface area contributed by atoms with Gasteiger partial charge >= 0.3 is 5.97 Å². The second-order valence-electron chi connectivity index (χ2n) is 3.30. The van der Waals surface area contributed by atoms with E-state index in [-0.39, 0.29) is 71.4 Å². The summed E-state index contributed by atoms with van der Waals surface area (Å²) in [5.74, 6) is -1.26. The van der Waals surface area contributed by atoms with Gasteiger partial charge < -0.3 is 14.8 Å². The van der Waals surface area contributed by atoms with Crippen molar-refractivity contribution in [3.05, 3.63) is 34.2 Å². The van der Waals surface area contributed by atoms with E-state index in [2.05, 4.69) is 9.97 Å². The SMILES string of the molecule is CCOC(=O)c1c(O)c2cccnc2[nH]c1=O.[Na].[Na]. The molecule has 0 atom stereocenters. The van der Waals surface area contributed by atoms with Gasteiger partial charge in [0.2, 0.25) is 0 Å². The van der Waals surface area contributed by atoms with Crippen molar-refractivity contribution in [2.75, 3.05) is 6.61 Å². The molecule has 0 amide bonds. The zero-order chi connectivity index (χ0) is 12.4. The quantitative estimate of drug-likeness (QED) is 0.598. The Labute approximate surface area is 153 Å². The van der Waals surface area contributed by atoms with Crippen LogP contribution in [-0.2, 0) is 4.74 Å². The maximum absolute atomic E-state index is 11.6. The van der Waals surface area contributed by atoms with Gasteiger partial charge in [0.1, 0.15) is 11.4 Å². The van der Waals surface area contributed by atoms with Crippen molar-refractivity contribution in [1.29, 1.82) is 0 Å². The molecule has 0 unspecified atom stereocenters. The fraction of sp³-hybridized carbons (Fsp3) is 0.182. The number of aromatic hydroxyl groups is 1. The Morgan fingerprint density at radius 1 is 1.47 bits per heavy atom. The molecular formula is C11H10N2Na2O4. The first-order chi connectivity index (χ1) is 8.15. The second kappa shape index (κ2) is 8.04. The van der Waals surface area contributed by atoms with E-state index in [9.17, 15) is 14.7 Å². The van der Waals surface area contributed by atoms with E-state index in [1.807, 2.05) is 0 Å². The van der Waals surface area contributed by atoms with Gasteiger partial charge in [-0.1, -0.05) is 0 Å². The number of nitrogens with one attached hydrogen (secondary N) is 1. The van der Waals surface area contributed by atoms with Crippen LogP contribution < -0.4 is 5.56 Å². The summed E-state index contributed by atoms with van der Waals surface area (Å²) in [6.45, 7) is 1.74. The van der Waals surface area contributed by atoms with Gasteiger partial charge in [0.05, 0.1) is 12.0 Å². The first-order valence-corrected chi connectivity index (χ1v) is 5.02. The van der Waals surface area contributed by atoms with Crippen LogP contribution in [0.15, 0.2) is 23.1 Å². The molecule has 0 aliphatic carbocycles. The molecule has 2 aromatic rings. The summed E-state index contributed by atoms with van der Waals surface area (Å²) >= 11 is 0. The van der Waals surface area contributed by atoms with Crippen LogP contribution in [0.1, 0.15) is 17.3 Å². The summed E-state index contributed by atoms with van der Waals surface area (Å²) in [5.41, 5.74) is -0.887. The molecule has 0 saturated heterocycles. The number of fused-ring (bicyclic) bond motifs is 1. The third-order valence-electron chi connectivity index (χ3n) is 2.24. The Balaban J connectivity index is 0.00000162. The first kappa shape index (κ1) is 18.6. The topological polar surface area (TPSA) is 92.3 Å². The number of carbonyl (C=O) groups excluding carboxylic acids is 1. The average Bonchev–Trinajstić information content (AvgIpc) is 2.29. The molecule has 2 heterocycles. The Kier molecular flexibility index (Phi) is 7.88. The first-order valence-electron chi connectivity index (χ1n) is 5.02. The summed E-state index contributed by atoms with van der Waals surface area (Å²) in [7, 11) is 0. The summed E-state index contributed by atoms with van der Waals surface area (Å²) < 4.78 is 4.70. The molecule has 19 heavy (non-hydrogen) atoms. The Morgan fingerprint density at radius 3 is 2.79 bits per heavy atom. The molecule has 2 aromatic heterocycles. The third kappa shape index (κ3) is 3.81. The number of aromatic nitrogens is 2. The van der Waals surface area contributed by atoms with E-state index in [1.165, 1.54) is 6.20 Å². The number of ether oxygens (including phenoxy) is 1. The minimum Gasteiger partial charge on any atom is -0.506 e. The Hall–Kier alpha value is -0.370. The smallest absolute Gasteiger partial charge is 0.347 e. The number of hydrogen-bond donors (Lipinski definition) is 2. The zero-order valence-electron chi connectivity index (χ0n) is 11.1.